The molecule has 0 spiro atoms. The first-order valence-electron chi connectivity index (χ1n) is 32.4. The van der Waals surface area contributed by atoms with Gasteiger partial charge in [0.25, 0.3) is 0 Å². The van der Waals surface area contributed by atoms with E-state index in [4.69, 9.17) is 4.74 Å². The Balaban J connectivity index is 3.52. The minimum absolute atomic E-state index is 0.0236. The van der Waals surface area contributed by atoms with Crippen LogP contribution in [0.25, 0.3) is 0 Å². The number of carbonyl (C=O) groups is 2. The van der Waals surface area contributed by atoms with Gasteiger partial charge in [-0.15, -0.1) is 0 Å². The summed E-state index contributed by atoms with van der Waals surface area (Å²) in [4.78, 5) is 24.6. The molecule has 0 aliphatic heterocycles. The van der Waals surface area contributed by atoms with Gasteiger partial charge in [0.2, 0.25) is 5.91 Å². The third-order valence-corrected chi connectivity index (χ3v) is 14.8. The Labute approximate surface area is 455 Å². The Morgan fingerprint density at radius 1 is 0.384 bits per heavy atom. The summed E-state index contributed by atoms with van der Waals surface area (Å²) in [6, 6.07) is -0.642. The number of ether oxygens (including phenoxy) is 1. The molecule has 0 aromatic heterocycles. The Kier molecular flexibility index (Phi) is 60.5. The van der Waals surface area contributed by atoms with Crippen molar-refractivity contribution in [2.75, 3.05) is 13.2 Å². The molecule has 0 aliphatic rings. The van der Waals surface area contributed by atoms with Gasteiger partial charge >= 0.3 is 5.97 Å². The van der Waals surface area contributed by atoms with Crippen LogP contribution in [0.5, 0.6) is 0 Å². The first-order valence-corrected chi connectivity index (χ1v) is 32.4. The van der Waals surface area contributed by atoms with E-state index in [0.717, 1.165) is 83.5 Å². The van der Waals surface area contributed by atoms with Crippen LogP contribution in [0.2, 0.25) is 0 Å². The van der Waals surface area contributed by atoms with Crippen molar-refractivity contribution in [3.8, 4) is 0 Å². The predicted octanol–water partition coefficient (Wildman–Crippen LogP) is 20.5. The maximum Gasteiger partial charge on any atom is 0.305 e. The third-order valence-electron chi connectivity index (χ3n) is 14.8. The fraction of sp³-hybridized carbons (Fsp3) is 0.851. The fourth-order valence-corrected chi connectivity index (χ4v) is 9.84. The second kappa shape index (κ2) is 62.4. The SMILES string of the molecule is CCCCCCCCC/C=C\CCCCCCCC(=O)OCCCCC/C=C\C/C=C\CCCCCCCCCC(=O)NC(CO)C(O)/C=C/CCCCCCCCCCCCCCCCCCCCCCC. The van der Waals surface area contributed by atoms with Crippen LogP contribution in [-0.4, -0.2) is 47.4 Å². The highest BCUT2D eigenvalue weighted by Crippen LogP contribution is 2.17. The van der Waals surface area contributed by atoms with E-state index in [1.807, 2.05) is 6.08 Å². The lowest BCUT2D eigenvalue weighted by molar-refractivity contribution is -0.143. The number of carbonyl (C=O) groups excluding carboxylic acids is 2. The van der Waals surface area contributed by atoms with Gasteiger partial charge in [0.15, 0.2) is 0 Å². The molecule has 428 valence electrons. The van der Waals surface area contributed by atoms with Crippen molar-refractivity contribution in [1.82, 2.24) is 5.32 Å². The number of aliphatic hydroxyl groups is 2. The second-order valence-electron chi connectivity index (χ2n) is 22.1. The van der Waals surface area contributed by atoms with E-state index in [2.05, 4.69) is 55.6 Å². The van der Waals surface area contributed by atoms with Crippen molar-refractivity contribution in [3.05, 3.63) is 48.6 Å². The van der Waals surface area contributed by atoms with E-state index in [1.165, 1.54) is 231 Å². The summed E-state index contributed by atoms with van der Waals surface area (Å²) in [6.45, 7) is 4.87. The van der Waals surface area contributed by atoms with Gasteiger partial charge in [0, 0.05) is 12.8 Å². The number of amides is 1. The molecular weight excluding hydrogens is 899 g/mol. The van der Waals surface area contributed by atoms with Crippen LogP contribution < -0.4 is 5.32 Å². The minimum Gasteiger partial charge on any atom is -0.466 e. The van der Waals surface area contributed by atoms with Crippen molar-refractivity contribution in [1.29, 1.82) is 0 Å². The Morgan fingerprint density at radius 3 is 1.05 bits per heavy atom. The van der Waals surface area contributed by atoms with E-state index in [1.54, 1.807) is 6.08 Å². The highest BCUT2D eigenvalue weighted by Gasteiger charge is 2.18. The Hall–Kier alpha value is -2.18. The van der Waals surface area contributed by atoms with Crippen molar-refractivity contribution in [3.63, 3.8) is 0 Å². The molecule has 0 radical (unpaired) electrons. The highest BCUT2D eigenvalue weighted by atomic mass is 16.5. The molecule has 6 heteroatoms. The van der Waals surface area contributed by atoms with E-state index < -0.39 is 12.1 Å². The largest absolute Gasteiger partial charge is 0.466 e. The number of unbranched alkanes of at least 4 members (excludes halogenated alkanes) is 43. The van der Waals surface area contributed by atoms with Crippen LogP contribution in [0.4, 0.5) is 0 Å². The molecule has 1 amide bonds. The fourth-order valence-electron chi connectivity index (χ4n) is 9.84. The van der Waals surface area contributed by atoms with Gasteiger partial charge in [-0.1, -0.05) is 281 Å². The Morgan fingerprint density at radius 2 is 0.685 bits per heavy atom. The molecular formula is C67H125NO5. The topological polar surface area (TPSA) is 95.9 Å². The lowest BCUT2D eigenvalue weighted by Crippen LogP contribution is -2.45. The summed E-state index contributed by atoms with van der Waals surface area (Å²) in [6.07, 6.45) is 80.1. The third kappa shape index (κ3) is 58.9. The molecule has 0 aromatic carbocycles. The summed E-state index contributed by atoms with van der Waals surface area (Å²) in [5, 5.41) is 23.2. The van der Waals surface area contributed by atoms with E-state index in [9.17, 15) is 19.8 Å². The van der Waals surface area contributed by atoms with Crippen LogP contribution in [0.3, 0.4) is 0 Å². The molecule has 2 unspecified atom stereocenters. The molecule has 0 saturated heterocycles. The van der Waals surface area contributed by atoms with E-state index in [-0.39, 0.29) is 18.5 Å². The van der Waals surface area contributed by atoms with Gasteiger partial charge in [0.05, 0.1) is 25.4 Å². The quantitative estimate of drug-likeness (QED) is 0.0320. The highest BCUT2D eigenvalue weighted by molar-refractivity contribution is 5.76. The molecule has 73 heavy (non-hydrogen) atoms. The monoisotopic (exact) mass is 1020 g/mol. The van der Waals surface area contributed by atoms with Crippen LogP contribution in [0.15, 0.2) is 48.6 Å². The number of nitrogens with one attached hydrogen (secondary N) is 1. The van der Waals surface area contributed by atoms with Crippen molar-refractivity contribution < 1.29 is 24.5 Å². The number of esters is 1. The van der Waals surface area contributed by atoms with Crippen LogP contribution >= 0.6 is 0 Å². The molecule has 0 aromatic rings. The number of aliphatic hydroxyl groups excluding tert-OH is 2. The summed E-state index contributed by atoms with van der Waals surface area (Å²) >= 11 is 0. The molecule has 3 N–H and O–H groups in total. The standard InChI is InChI=1S/C67H125NO5/c1-3-5-7-9-11-13-15-17-19-21-22-23-24-25-26-28-31-35-39-43-47-51-55-59-65(70)64(63-69)68-66(71)60-56-52-48-44-40-36-32-29-27-30-34-38-42-46-50-54-58-62-73-67(72)61-57-53-49-45-41-37-33-20-18-16-14-12-10-8-6-4-2/h20,27,30,33,38,42,55,59,64-65,69-70H,3-19,21-26,28-29,31-32,34-37,39-41,43-54,56-58,60-63H2,1-2H3,(H,68,71)/b30-27-,33-20-,42-38-,59-55+. The molecule has 6 nitrogen and oxygen atoms in total. The molecule has 0 fully saturated rings. The summed E-state index contributed by atoms with van der Waals surface area (Å²) in [7, 11) is 0. The van der Waals surface area contributed by atoms with E-state index in [0.29, 0.717) is 19.4 Å². The zero-order valence-corrected chi connectivity index (χ0v) is 48.9. The van der Waals surface area contributed by atoms with Crippen LogP contribution in [-0.2, 0) is 14.3 Å². The lowest BCUT2D eigenvalue weighted by Gasteiger charge is -2.20. The predicted molar refractivity (Wildman–Crippen MR) is 319 cm³/mol. The van der Waals surface area contributed by atoms with Gasteiger partial charge in [-0.25, -0.2) is 0 Å². The minimum atomic E-state index is -0.858. The summed E-state index contributed by atoms with van der Waals surface area (Å²) < 4.78 is 5.46. The molecule has 0 rings (SSSR count). The van der Waals surface area contributed by atoms with Crippen molar-refractivity contribution >= 4 is 11.9 Å². The first-order chi connectivity index (χ1) is 36.0. The average Bonchev–Trinajstić information content (AvgIpc) is 3.39. The number of hydrogen-bond acceptors (Lipinski definition) is 5. The number of allylic oxidation sites excluding steroid dienone is 7. The second-order valence-corrected chi connectivity index (χ2v) is 22.1. The zero-order chi connectivity index (χ0) is 52.9. The van der Waals surface area contributed by atoms with E-state index >= 15 is 0 Å². The van der Waals surface area contributed by atoms with Crippen molar-refractivity contribution in [2.24, 2.45) is 0 Å². The van der Waals surface area contributed by atoms with Gasteiger partial charge in [-0.3, -0.25) is 9.59 Å². The summed E-state index contributed by atoms with van der Waals surface area (Å²) in [5.74, 6) is -0.106. The maximum absolute atomic E-state index is 12.5. The Bertz CT molecular complexity index is 1230. The van der Waals surface area contributed by atoms with Gasteiger partial charge in [0.1, 0.15) is 0 Å². The van der Waals surface area contributed by atoms with Crippen LogP contribution in [0.1, 0.15) is 341 Å². The average molecular weight is 1020 g/mol. The molecule has 0 bridgehead atoms. The molecule has 0 saturated carbocycles. The lowest BCUT2D eigenvalue weighted by atomic mass is 10.0. The molecule has 0 aliphatic carbocycles. The maximum atomic E-state index is 12.5. The number of hydrogen-bond donors (Lipinski definition) is 3. The molecule has 0 heterocycles. The van der Waals surface area contributed by atoms with Gasteiger partial charge in [-0.05, 0) is 96.3 Å². The first kappa shape index (κ1) is 70.8. The van der Waals surface area contributed by atoms with Crippen molar-refractivity contribution in [2.45, 2.75) is 353 Å². The smallest absolute Gasteiger partial charge is 0.305 e. The van der Waals surface area contributed by atoms with Gasteiger partial charge in [-0.2, -0.15) is 0 Å². The number of rotatable bonds is 60. The van der Waals surface area contributed by atoms with Crippen LogP contribution in [0, 0.1) is 0 Å². The molecule has 2 atom stereocenters. The zero-order valence-electron chi connectivity index (χ0n) is 48.9. The van der Waals surface area contributed by atoms with Gasteiger partial charge < -0.3 is 20.3 Å². The normalized spacial score (nSPS) is 12.9. The summed E-state index contributed by atoms with van der Waals surface area (Å²) in [5.41, 5.74) is 0.